The number of nitrogens with zero attached hydrogens (tertiary/aromatic N) is 4. The van der Waals surface area contributed by atoms with Crippen LogP contribution in [-0.4, -0.2) is 32.4 Å². The van der Waals surface area contributed by atoms with Gasteiger partial charge in [0.15, 0.2) is 0 Å². The van der Waals surface area contributed by atoms with E-state index in [1.807, 2.05) is 24.6 Å². The number of rotatable bonds is 6. The lowest BCUT2D eigenvalue weighted by molar-refractivity contribution is 0.0954. The van der Waals surface area contributed by atoms with Gasteiger partial charge in [-0.25, -0.2) is 9.37 Å². The first-order valence-corrected chi connectivity index (χ1v) is 9.74. The normalized spacial score (nSPS) is 11.2. The lowest BCUT2D eigenvalue weighted by Crippen LogP contribution is -2.26. The van der Waals surface area contributed by atoms with Crippen molar-refractivity contribution in [2.75, 3.05) is 6.54 Å². The van der Waals surface area contributed by atoms with E-state index in [0.717, 1.165) is 24.4 Å². The maximum Gasteiger partial charge on any atom is 0.259 e. The highest BCUT2D eigenvalue weighted by Gasteiger charge is 2.19. The summed E-state index contributed by atoms with van der Waals surface area (Å²) in [6, 6.07) is 9.65. The molecule has 0 spiro atoms. The van der Waals surface area contributed by atoms with Crippen LogP contribution in [0.15, 0.2) is 40.9 Å². The Kier molecular flexibility index (Phi) is 5.31. The molecule has 0 aliphatic carbocycles. The standard InChI is InChI=1S/C22H22FN5O2/c1-13-11-14(2)28(26-13)10-4-9-24-21(29)18-12-19(16-5-7-17(23)8-6-16)25-22-20(18)15(3)27-30-22/h5-8,11-12H,4,9-10H2,1-3H3,(H,24,29). The molecule has 1 amide bonds. The van der Waals surface area contributed by atoms with E-state index >= 15 is 0 Å². The largest absolute Gasteiger partial charge is 0.352 e. The van der Waals surface area contributed by atoms with Gasteiger partial charge in [0.25, 0.3) is 11.6 Å². The lowest BCUT2D eigenvalue weighted by atomic mass is 10.0. The molecule has 4 rings (SSSR count). The van der Waals surface area contributed by atoms with Gasteiger partial charge in [0, 0.05) is 24.3 Å². The Morgan fingerprint density at radius 1 is 1.17 bits per heavy atom. The third-order valence-corrected chi connectivity index (χ3v) is 4.94. The highest BCUT2D eigenvalue weighted by Crippen LogP contribution is 2.27. The molecule has 0 saturated heterocycles. The zero-order valence-electron chi connectivity index (χ0n) is 17.1. The summed E-state index contributed by atoms with van der Waals surface area (Å²) < 4.78 is 20.5. The topological polar surface area (TPSA) is 85.8 Å². The highest BCUT2D eigenvalue weighted by atomic mass is 19.1. The van der Waals surface area contributed by atoms with E-state index in [1.165, 1.54) is 12.1 Å². The van der Waals surface area contributed by atoms with E-state index in [2.05, 4.69) is 20.6 Å². The summed E-state index contributed by atoms with van der Waals surface area (Å²) in [5.74, 6) is -0.568. The molecule has 3 aromatic heterocycles. The number of fused-ring (bicyclic) bond motifs is 1. The average Bonchev–Trinajstić information content (AvgIpc) is 3.26. The number of halogens is 1. The van der Waals surface area contributed by atoms with Crippen molar-refractivity contribution in [3.05, 3.63) is 64.9 Å². The third-order valence-electron chi connectivity index (χ3n) is 4.94. The van der Waals surface area contributed by atoms with Gasteiger partial charge in [-0.3, -0.25) is 9.48 Å². The van der Waals surface area contributed by atoms with E-state index in [9.17, 15) is 9.18 Å². The molecule has 0 saturated carbocycles. The van der Waals surface area contributed by atoms with Gasteiger partial charge < -0.3 is 9.84 Å². The molecular weight excluding hydrogens is 385 g/mol. The number of aromatic nitrogens is 4. The number of benzene rings is 1. The van der Waals surface area contributed by atoms with Crippen LogP contribution in [0.5, 0.6) is 0 Å². The van der Waals surface area contributed by atoms with Gasteiger partial charge in [-0.2, -0.15) is 5.10 Å². The molecule has 0 radical (unpaired) electrons. The molecule has 30 heavy (non-hydrogen) atoms. The minimum Gasteiger partial charge on any atom is -0.352 e. The van der Waals surface area contributed by atoms with Crippen molar-refractivity contribution in [1.82, 2.24) is 25.2 Å². The summed E-state index contributed by atoms with van der Waals surface area (Å²) in [4.78, 5) is 17.4. The maximum atomic E-state index is 13.3. The summed E-state index contributed by atoms with van der Waals surface area (Å²) in [7, 11) is 0. The summed E-state index contributed by atoms with van der Waals surface area (Å²) >= 11 is 0. The molecule has 7 nitrogen and oxygen atoms in total. The number of hydrogen-bond acceptors (Lipinski definition) is 5. The molecule has 3 heterocycles. The van der Waals surface area contributed by atoms with Gasteiger partial charge in [-0.1, -0.05) is 5.16 Å². The predicted molar refractivity (Wildman–Crippen MR) is 111 cm³/mol. The summed E-state index contributed by atoms with van der Waals surface area (Å²) in [6.45, 7) is 6.96. The Balaban J connectivity index is 1.54. The van der Waals surface area contributed by atoms with Crippen LogP contribution >= 0.6 is 0 Å². The highest BCUT2D eigenvalue weighted by molar-refractivity contribution is 6.06. The van der Waals surface area contributed by atoms with Crippen LogP contribution in [0, 0.1) is 26.6 Å². The number of amides is 1. The zero-order valence-corrected chi connectivity index (χ0v) is 17.1. The monoisotopic (exact) mass is 407 g/mol. The maximum absolute atomic E-state index is 13.3. The van der Waals surface area contributed by atoms with Crippen LogP contribution in [0.2, 0.25) is 0 Å². The number of carbonyl (C=O) groups excluding carboxylic acids is 1. The molecule has 0 fully saturated rings. The van der Waals surface area contributed by atoms with Crippen LogP contribution in [0.25, 0.3) is 22.4 Å². The Labute approximate surface area is 172 Å². The first-order valence-electron chi connectivity index (χ1n) is 9.74. The molecule has 0 unspecified atom stereocenters. The Hall–Kier alpha value is -3.55. The summed E-state index contributed by atoms with van der Waals surface area (Å²) in [5.41, 5.74) is 4.59. The molecule has 0 bridgehead atoms. The van der Waals surface area contributed by atoms with Crippen LogP contribution < -0.4 is 5.32 Å². The van der Waals surface area contributed by atoms with Crippen LogP contribution in [0.4, 0.5) is 4.39 Å². The van der Waals surface area contributed by atoms with E-state index in [1.54, 1.807) is 25.1 Å². The average molecular weight is 407 g/mol. The van der Waals surface area contributed by atoms with Crippen LogP contribution in [-0.2, 0) is 6.54 Å². The van der Waals surface area contributed by atoms with Crippen LogP contribution in [0.3, 0.4) is 0 Å². The molecule has 1 aromatic carbocycles. The fraction of sp³-hybridized carbons (Fsp3) is 0.273. The molecule has 1 N–H and O–H groups in total. The van der Waals surface area contributed by atoms with Crippen molar-refractivity contribution >= 4 is 17.0 Å². The summed E-state index contributed by atoms with van der Waals surface area (Å²) in [6.07, 6.45) is 0.745. The smallest absolute Gasteiger partial charge is 0.259 e. The van der Waals surface area contributed by atoms with Gasteiger partial charge in [0.1, 0.15) is 5.82 Å². The van der Waals surface area contributed by atoms with Crippen LogP contribution in [0.1, 0.15) is 33.9 Å². The molecule has 8 heteroatoms. The fourth-order valence-corrected chi connectivity index (χ4v) is 3.47. The van der Waals surface area contributed by atoms with Gasteiger partial charge in [-0.15, -0.1) is 0 Å². The molecule has 0 aliphatic rings. The first kappa shape index (κ1) is 19.8. The number of nitrogens with one attached hydrogen (secondary N) is 1. The Morgan fingerprint density at radius 2 is 1.93 bits per heavy atom. The summed E-state index contributed by atoms with van der Waals surface area (Å²) in [5, 5.41) is 11.9. The predicted octanol–water partition coefficient (Wildman–Crippen LogP) is 3.97. The minimum absolute atomic E-state index is 0.231. The van der Waals surface area contributed by atoms with Crippen molar-refractivity contribution in [2.45, 2.75) is 33.7 Å². The van der Waals surface area contributed by atoms with Crippen molar-refractivity contribution in [2.24, 2.45) is 0 Å². The zero-order chi connectivity index (χ0) is 21.3. The van der Waals surface area contributed by atoms with Gasteiger partial charge in [0.2, 0.25) is 0 Å². The Bertz CT molecular complexity index is 1210. The van der Waals surface area contributed by atoms with Crippen molar-refractivity contribution in [1.29, 1.82) is 0 Å². The van der Waals surface area contributed by atoms with Crippen molar-refractivity contribution in [3.63, 3.8) is 0 Å². The first-order chi connectivity index (χ1) is 14.4. The number of carbonyl (C=O) groups is 1. The minimum atomic E-state index is -0.337. The van der Waals surface area contributed by atoms with E-state index in [4.69, 9.17) is 4.52 Å². The second kappa shape index (κ2) is 8.06. The second-order valence-electron chi connectivity index (χ2n) is 7.27. The number of aryl methyl sites for hydroxylation is 4. The van der Waals surface area contributed by atoms with Gasteiger partial charge >= 0.3 is 0 Å². The van der Waals surface area contributed by atoms with Gasteiger partial charge in [0.05, 0.1) is 28.0 Å². The van der Waals surface area contributed by atoms with E-state index < -0.39 is 0 Å². The number of pyridine rings is 1. The van der Waals surface area contributed by atoms with Crippen molar-refractivity contribution < 1.29 is 13.7 Å². The molecule has 0 atom stereocenters. The lowest BCUT2D eigenvalue weighted by Gasteiger charge is -2.09. The van der Waals surface area contributed by atoms with E-state index in [0.29, 0.717) is 34.4 Å². The molecular formula is C22H22FN5O2. The molecule has 0 aliphatic heterocycles. The quantitative estimate of drug-likeness (QED) is 0.489. The Morgan fingerprint density at radius 3 is 2.63 bits per heavy atom. The number of hydrogen-bond donors (Lipinski definition) is 1. The van der Waals surface area contributed by atoms with Crippen molar-refractivity contribution in [3.8, 4) is 11.3 Å². The van der Waals surface area contributed by atoms with E-state index in [-0.39, 0.29) is 17.4 Å². The third kappa shape index (κ3) is 3.94. The SMILES string of the molecule is Cc1cc(C)n(CCCNC(=O)c2cc(-c3ccc(F)cc3)nc3onc(C)c23)n1. The molecule has 4 aromatic rings. The fourth-order valence-electron chi connectivity index (χ4n) is 3.47. The molecule has 154 valence electrons. The second-order valence-corrected chi connectivity index (χ2v) is 7.27. The van der Waals surface area contributed by atoms with Gasteiger partial charge in [-0.05, 0) is 63.6 Å².